The van der Waals surface area contributed by atoms with E-state index in [2.05, 4.69) is 84.6 Å². The van der Waals surface area contributed by atoms with Gasteiger partial charge in [0.15, 0.2) is 0 Å². The molecule has 256 valence electrons. The second-order valence-corrected chi connectivity index (χ2v) is 16.7. The third-order valence-corrected chi connectivity index (χ3v) is 13.9. The average Bonchev–Trinajstić information content (AvgIpc) is 3.99. The fourth-order valence-electron chi connectivity index (χ4n) is 8.83. The molecule has 0 radical (unpaired) electrons. The first-order chi connectivity index (χ1) is 23.7. The van der Waals surface area contributed by atoms with Crippen LogP contribution in [0.25, 0.3) is 10.8 Å². The third kappa shape index (κ3) is 5.93. The molecule has 9 nitrogen and oxygen atoms in total. The Balaban J connectivity index is 1.07. The van der Waals surface area contributed by atoms with E-state index in [0.717, 1.165) is 30.0 Å². The minimum atomic E-state index is -0.234. The molecule has 4 atom stereocenters. The van der Waals surface area contributed by atoms with Crippen molar-refractivity contribution in [2.24, 2.45) is 5.41 Å². The number of piperazine rings is 1. The van der Waals surface area contributed by atoms with Gasteiger partial charge in [0.25, 0.3) is 0 Å². The molecule has 2 saturated carbocycles. The van der Waals surface area contributed by atoms with E-state index >= 15 is 0 Å². The van der Waals surface area contributed by atoms with Crippen LogP contribution >= 0.6 is 11.8 Å². The summed E-state index contributed by atoms with van der Waals surface area (Å²) < 4.78 is 6.53. The Labute approximate surface area is 294 Å². The molecule has 2 aliphatic carbocycles. The molecule has 4 heterocycles. The number of hydrogen-bond acceptors (Lipinski definition) is 9. The van der Waals surface area contributed by atoms with Gasteiger partial charge < -0.3 is 19.4 Å². The summed E-state index contributed by atoms with van der Waals surface area (Å²) in [5.41, 5.74) is 5.27. The van der Waals surface area contributed by atoms with Crippen molar-refractivity contribution in [3.05, 3.63) is 65.9 Å². The zero-order valence-corrected chi connectivity index (χ0v) is 29.8. The lowest BCUT2D eigenvalue weighted by Crippen LogP contribution is -2.55. The summed E-state index contributed by atoms with van der Waals surface area (Å²) in [5.74, 6) is 0.751. The largest absolute Gasteiger partial charge is 0.462 e. The second kappa shape index (κ2) is 12.5. The molecule has 0 bridgehead atoms. The Morgan fingerprint density at radius 3 is 2.73 bits per heavy atom. The van der Waals surface area contributed by atoms with E-state index in [1.165, 1.54) is 60.2 Å². The fourth-order valence-corrected chi connectivity index (χ4v) is 10.0. The van der Waals surface area contributed by atoms with Gasteiger partial charge in [0.1, 0.15) is 12.4 Å². The number of rotatable bonds is 9. The number of anilines is 2. The van der Waals surface area contributed by atoms with Crippen molar-refractivity contribution in [2.45, 2.75) is 87.5 Å². The van der Waals surface area contributed by atoms with Gasteiger partial charge in [-0.3, -0.25) is 9.69 Å². The predicted molar refractivity (Wildman–Crippen MR) is 196 cm³/mol. The van der Waals surface area contributed by atoms with Crippen LogP contribution in [0.2, 0.25) is 0 Å². The van der Waals surface area contributed by atoms with Gasteiger partial charge in [-0.2, -0.15) is 15.2 Å². The van der Waals surface area contributed by atoms with E-state index in [4.69, 9.17) is 14.7 Å². The highest BCUT2D eigenvalue weighted by Crippen LogP contribution is 2.62. The quantitative estimate of drug-likeness (QED) is 0.197. The number of benzene rings is 2. The zero-order chi connectivity index (χ0) is 33.9. The number of fused-ring (bicyclic) bond motifs is 2. The Morgan fingerprint density at radius 2 is 1.98 bits per heavy atom. The van der Waals surface area contributed by atoms with E-state index in [1.54, 1.807) is 4.90 Å². The number of carbonyl (C=O) groups excluding carboxylic acids is 1. The molecule has 4 fully saturated rings. The first kappa shape index (κ1) is 32.4. The van der Waals surface area contributed by atoms with Gasteiger partial charge in [-0.1, -0.05) is 36.9 Å². The maximum atomic E-state index is 12.7. The van der Waals surface area contributed by atoms with Crippen LogP contribution < -0.4 is 14.5 Å². The molecule has 2 saturated heterocycles. The number of carbonyl (C=O) groups is 1. The Morgan fingerprint density at radius 1 is 1.16 bits per heavy atom. The lowest BCUT2D eigenvalue weighted by Gasteiger charge is -2.42. The van der Waals surface area contributed by atoms with Gasteiger partial charge in [0.05, 0.1) is 40.9 Å². The maximum absolute atomic E-state index is 12.7. The van der Waals surface area contributed by atoms with Crippen LogP contribution in [0.4, 0.5) is 11.5 Å². The standard InChI is InChI=1S/C39H47N7O2S/c1-5-34(47)46-21-20-45(23-29(46)13-18-40)36-30-14-19-44(32-11-7-10-27-9-6-8-26(2)35(27)32)24-31(30)41-37(42-36)48-25-33-38(3,49-33)43(4)28-12-15-39(22-28)16-17-39/h5-11,28-29,33H,1,12-17,19-25H2,2-4H3/t28?,29-,33?,38-/m0/s1. The fraction of sp³-hybridized carbons (Fsp3) is 0.538. The first-order valence-electron chi connectivity index (χ1n) is 17.9. The molecule has 1 spiro atoms. The molecule has 0 N–H and O–H groups in total. The minimum Gasteiger partial charge on any atom is -0.462 e. The van der Waals surface area contributed by atoms with Crippen LogP contribution in [-0.2, 0) is 17.8 Å². The molecular formula is C39H47N7O2S. The monoisotopic (exact) mass is 677 g/mol. The Bertz CT molecular complexity index is 1830. The molecular weight excluding hydrogens is 631 g/mol. The number of thioether (sulfide) groups is 1. The molecule has 1 aromatic heterocycles. The molecule has 1 amide bonds. The average molecular weight is 678 g/mol. The summed E-state index contributed by atoms with van der Waals surface area (Å²) in [6.45, 7) is 12.0. The van der Waals surface area contributed by atoms with Crippen LogP contribution in [0.15, 0.2) is 49.1 Å². The molecule has 3 aliphatic heterocycles. The Kier molecular flexibility index (Phi) is 8.27. The van der Waals surface area contributed by atoms with Gasteiger partial charge in [0, 0.05) is 48.9 Å². The van der Waals surface area contributed by atoms with Crippen molar-refractivity contribution in [1.29, 1.82) is 5.26 Å². The molecule has 10 heteroatoms. The number of aromatic nitrogens is 2. The van der Waals surface area contributed by atoms with E-state index in [1.807, 2.05) is 11.8 Å². The molecule has 3 aromatic rings. The zero-order valence-electron chi connectivity index (χ0n) is 29.0. The predicted octanol–water partition coefficient (Wildman–Crippen LogP) is 6.09. The SMILES string of the molecule is C=CC(=O)N1CCN(c2nc(OCC3S[C@]3(C)N(C)C3CCC4(CC4)C3)nc3c2CCN(c2cccc4cccc(C)c24)C3)C[C@@H]1CC#N. The lowest BCUT2D eigenvalue weighted by atomic mass is 9.99. The molecule has 2 unspecified atom stereocenters. The maximum Gasteiger partial charge on any atom is 0.318 e. The van der Waals surface area contributed by atoms with Gasteiger partial charge in [-0.25, -0.2) is 0 Å². The first-order valence-corrected chi connectivity index (χ1v) is 18.8. The van der Waals surface area contributed by atoms with Gasteiger partial charge in [-0.15, -0.1) is 11.8 Å². The number of nitriles is 1. The summed E-state index contributed by atoms with van der Waals surface area (Å²) in [6.07, 6.45) is 9.27. The van der Waals surface area contributed by atoms with Crippen LogP contribution in [-0.4, -0.2) is 87.7 Å². The summed E-state index contributed by atoms with van der Waals surface area (Å²) in [5, 5.41) is 12.5. The van der Waals surface area contributed by atoms with Crippen molar-refractivity contribution < 1.29 is 9.53 Å². The minimum absolute atomic E-state index is 0.0731. The topological polar surface area (TPSA) is 88.8 Å². The van der Waals surface area contributed by atoms with Crippen molar-refractivity contribution in [2.75, 3.05) is 49.6 Å². The molecule has 2 aromatic carbocycles. The molecule has 5 aliphatic rings. The molecule has 8 rings (SSSR count). The number of ether oxygens (including phenoxy) is 1. The highest BCUT2D eigenvalue weighted by Gasteiger charge is 2.59. The second-order valence-electron chi connectivity index (χ2n) is 15.1. The van der Waals surface area contributed by atoms with Gasteiger partial charge in [-0.05, 0) is 87.9 Å². The van der Waals surface area contributed by atoms with Crippen molar-refractivity contribution in [3.63, 3.8) is 0 Å². The summed E-state index contributed by atoms with van der Waals surface area (Å²) in [6, 6.07) is 16.2. The smallest absolute Gasteiger partial charge is 0.318 e. The summed E-state index contributed by atoms with van der Waals surface area (Å²) in [7, 11) is 2.31. The van der Waals surface area contributed by atoms with E-state index in [9.17, 15) is 10.1 Å². The van der Waals surface area contributed by atoms with E-state index in [0.29, 0.717) is 55.5 Å². The third-order valence-electron chi connectivity index (χ3n) is 12.2. The highest BCUT2D eigenvalue weighted by atomic mass is 32.2. The Hall–Kier alpha value is -3.81. The van der Waals surface area contributed by atoms with Gasteiger partial charge in [0.2, 0.25) is 5.91 Å². The van der Waals surface area contributed by atoms with Crippen LogP contribution in [0.1, 0.15) is 62.3 Å². The summed E-state index contributed by atoms with van der Waals surface area (Å²) >= 11 is 2.00. The van der Waals surface area contributed by atoms with Crippen LogP contribution in [0, 0.1) is 23.7 Å². The van der Waals surface area contributed by atoms with E-state index < -0.39 is 0 Å². The lowest BCUT2D eigenvalue weighted by molar-refractivity contribution is -0.128. The number of amides is 1. The van der Waals surface area contributed by atoms with Gasteiger partial charge >= 0.3 is 6.01 Å². The van der Waals surface area contributed by atoms with E-state index in [-0.39, 0.29) is 23.2 Å². The van der Waals surface area contributed by atoms with Crippen molar-refractivity contribution in [1.82, 2.24) is 19.8 Å². The molecule has 49 heavy (non-hydrogen) atoms. The summed E-state index contributed by atoms with van der Waals surface area (Å²) in [4.78, 5) is 32.0. The van der Waals surface area contributed by atoms with Crippen LogP contribution in [0.3, 0.4) is 0 Å². The number of hydrogen-bond donors (Lipinski definition) is 0. The van der Waals surface area contributed by atoms with Crippen molar-refractivity contribution in [3.8, 4) is 12.1 Å². The van der Waals surface area contributed by atoms with Crippen molar-refractivity contribution >= 4 is 39.9 Å². The normalized spacial score (nSPS) is 26.9. The highest BCUT2D eigenvalue weighted by molar-refractivity contribution is 8.08. The number of aryl methyl sites for hydroxylation is 1. The van der Waals surface area contributed by atoms with Crippen LogP contribution in [0.5, 0.6) is 6.01 Å². The number of nitrogens with zero attached hydrogens (tertiary/aromatic N) is 7.